The Kier molecular flexibility index (Phi) is 4.55. The molecule has 31 heavy (non-hydrogen) atoms. The first-order valence-corrected chi connectivity index (χ1v) is 10.2. The molecule has 0 fully saturated rings. The minimum atomic E-state index is -1.33. The van der Waals surface area contributed by atoms with Crippen molar-refractivity contribution in [3.8, 4) is 28.7 Å². The molecule has 0 aliphatic carbocycles. The summed E-state index contributed by atoms with van der Waals surface area (Å²) in [4.78, 5) is 0. The highest BCUT2D eigenvalue weighted by Gasteiger charge is 2.57. The normalized spacial score (nSPS) is 27.5. The van der Waals surface area contributed by atoms with Gasteiger partial charge in [-0.15, -0.1) is 0 Å². The van der Waals surface area contributed by atoms with Gasteiger partial charge in [0.25, 0.3) is 0 Å². The highest BCUT2D eigenvalue weighted by Crippen LogP contribution is 2.57. The van der Waals surface area contributed by atoms with Gasteiger partial charge >= 0.3 is 0 Å². The van der Waals surface area contributed by atoms with E-state index in [4.69, 9.17) is 23.7 Å². The largest absolute Gasteiger partial charge is 0.493 e. The summed E-state index contributed by atoms with van der Waals surface area (Å²) in [5.41, 5.74) is 1.49. The molecule has 3 aliphatic heterocycles. The average Bonchev–Trinajstić information content (AvgIpc) is 3.23. The molecule has 4 atom stereocenters. The lowest BCUT2D eigenvalue weighted by Gasteiger charge is -2.49. The van der Waals surface area contributed by atoms with Crippen LogP contribution in [0.25, 0.3) is 0 Å². The molecule has 0 bridgehead atoms. The van der Waals surface area contributed by atoms with E-state index in [0.717, 1.165) is 11.1 Å². The molecule has 0 amide bonds. The third kappa shape index (κ3) is 2.65. The van der Waals surface area contributed by atoms with E-state index in [1.165, 1.54) is 14.2 Å². The number of aliphatic hydroxyl groups excluding tert-OH is 1. The second kappa shape index (κ2) is 7.05. The van der Waals surface area contributed by atoms with Crippen LogP contribution in [0, 0.1) is 0 Å². The van der Waals surface area contributed by atoms with Gasteiger partial charge in [0.15, 0.2) is 11.5 Å². The van der Waals surface area contributed by atoms with Gasteiger partial charge in [0.2, 0.25) is 0 Å². The lowest BCUT2D eigenvalue weighted by Crippen LogP contribution is -2.57. The second-order valence-corrected chi connectivity index (χ2v) is 8.31. The molecule has 0 saturated heterocycles. The van der Waals surface area contributed by atoms with Crippen LogP contribution in [0.4, 0.5) is 4.39 Å². The topological polar surface area (TPSA) is 66.4 Å². The average molecular weight is 428 g/mol. The van der Waals surface area contributed by atoms with Crippen LogP contribution in [0.5, 0.6) is 28.7 Å². The van der Waals surface area contributed by atoms with Gasteiger partial charge in [-0.05, 0) is 30.7 Å². The molecule has 6 nitrogen and oxygen atoms in total. The highest BCUT2D eigenvalue weighted by molar-refractivity contribution is 5.61. The van der Waals surface area contributed by atoms with E-state index >= 15 is 0 Å². The van der Waals surface area contributed by atoms with Crippen molar-refractivity contribution in [2.45, 2.75) is 37.1 Å². The van der Waals surface area contributed by atoms with E-state index in [-0.39, 0.29) is 12.7 Å². The highest BCUT2D eigenvalue weighted by atomic mass is 19.1. The standard InChI is InChI=1S/C24H25FO6/c1-12(2)17-7-14-16(30-17)6-5-13-22(14)31-21-10-29-18-9-20(28-4)19(27-3)8-15(18)24(21,11-25)23(13)26/h5-6,8-9,17,21,23,26H,1,7,10-11H2,2-4H3/t17-,21?,23?,24+/m1/s1. The number of hydrogen-bond donors (Lipinski definition) is 1. The molecule has 3 aliphatic rings. The molecule has 0 aromatic heterocycles. The van der Waals surface area contributed by atoms with Crippen LogP contribution in [0.2, 0.25) is 0 Å². The predicted molar refractivity (Wildman–Crippen MR) is 111 cm³/mol. The predicted octanol–water partition coefficient (Wildman–Crippen LogP) is 3.68. The summed E-state index contributed by atoms with van der Waals surface area (Å²) in [6.45, 7) is 5.17. The van der Waals surface area contributed by atoms with Crippen LogP contribution < -0.4 is 23.7 Å². The summed E-state index contributed by atoms with van der Waals surface area (Å²) < 4.78 is 43.9. The summed E-state index contributed by atoms with van der Waals surface area (Å²) in [5, 5.41) is 11.5. The van der Waals surface area contributed by atoms with E-state index in [9.17, 15) is 9.50 Å². The van der Waals surface area contributed by atoms with Gasteiger partial charge in [-0.1, -0.05) is 6.58 Å². The van der Waals surface area contributed by atoms with Crippen LogP contribution in [0.3, 0.4) is 0 Å². The number of alkyl halides is 1. The van der Waals surface area contributed by atoms with Crippen molar-refractivity contribution in [3.63, 3.8) is 0 Å². The molecule has 2 unspecified atom stereocenters. The van der Waals surface area contributed by atoms with Gasteiger partial charge < -0.3 is 28.8 Å². The van der Waals surface area contributed by atoms with Gasteiger partial charge in [-0.2, -0.15) is 0 Å². The van der Waals surface area contributed by atoms with Crippen molar-refractivity contribution < 1.29 is 33.2 Å². The SMILES string of the molecule is C=C(C)[C@H]1Cc2c(ccc3c2OC2COc4cc(OC)c(OC)cc4[C@]2(CF)C3O)O1. The van der Waals surface area contributed by atoms with Crippen LogP contribution in [0.1, 0.15) is 29.7 Å². The van der Waals surface area contributed by atoms with E-state index < -0.39 is 24.3 Å². The molecule has 3 heterocycles. The number of halogens is 1. The number of ether oxygens (including phenoxy) is 5. The van der Waals surface area contributed by atoms with E-state index in [0.29, 0.717) is 46.3 Å². The molecule has 0 spiro atoms. The van der Waals surface area contributed by atoms with Crippen molar-refractivity contribution in [3.05, 3.63) is 53.1 Å². The fourth-order valence-corrected chi connectivity index (χ4v) is 4.89. The van der Waals surface area contributed by atoms with Crippen molar-refractivity contribution in [2.24, 2.45) is 0 Å². The Morgan fingerprint density at radius 2 is 1.94 bits per heavy atom. The lowest BCUT2D eigenvalue weighted by molar-refractivity contribution is -0.0704. The fourth-order valence-electron chi connectivity index (χ4n) is 4.89. The summed E-state index contributed by atoms with van der Waals surface area (Å²) >= 11 is 0. The Bertz CT molecular complexity index is 1070. The first-order valence-electron chi connectivity index (χ1n) is 10.2. The van der Waals surface area contributed by atoms with Crippen LogP contribution in [0.15, 0.2) is 36.4 Å². The van der Waals surface area contributed by atoms with Gasteiger partial charge in [0, 0.05) is 29.2 Å². The Balaban J connectivity index is 1.65. The molecule has 2 aromatic rings. The lowest BCUT2D eigenvalue weighted by atomic mass is 9.67. The van der Waals surface area contributed by atoms with Crippen LogP contribution in [-0.2, 0) is 11.8 Å². The number of fused-ring (bicyclic) bond motifs is 6. The Hall–Kier alpha value is -2.93. The number of aliphatic hydroxyl groups is 1. The van der Waals surface area contributed by atoms with Crippen molar-refractivity contribution in [1.29, 1.82) is 0 Å². The monoisotopic (exact) mass is 428 g/mol. The Morgan fingerprint density at radius 1 is 1.19 bits per heavy atom. The Labute approximate surface area is 180 Å². The van der Waals surface area contributed by atoms with Gasteiger partial charge in [0.05, 0.1) is 25.7 Å². The summed E-state index contributed by atoms with van der Waals surface area (Å²) in [6, 6.07) is 6.90. The number of rotatable bonds is 4. The summed E-state index contributed by atoms with van der Waals surface area (Å²) in [5.74, 6) is 2.61. The molecular formula is C24H25FO6. The first-order chi connectivity index (χ1) is 14.9. The molecule has 7 heteroatoms. The smallest absolute Gasteiger partial charge is 0.164 e. The summed E-state index contributed by atoms with van der Waals surface area (Å²) in [7, 11) is 3.04. The van der Waals surface area contributed by atoms with E-state index in [1.54, 1.807) is 18.2 Å². The summed E-state index contributed by atoms with van der Waals surface area (Å²) in [6.07, 6.45) is -1.41. The minimum absolute atomic E-state index is 0.0946. The maximum absolute atomic E-state index is 14.9. The van der Waals surface area contributed by atoms with Crippen molar-refractivity contribution >= 4 is 0 Å². The van der Waals surface area contributed by atoms with Crippen LogP contribution in [-0.4, -0.2) is 44.8 Å². The fraction of sp³-hybridized carbons (Fsp3) is 0.417. The van der Waals surface area contributed by atoms with Gasteiger partial charge in [-0.25, -0.2) is 4.39 Å². The number of methoxy groups -OCH3 is 2. The quantitative estimate of drug-likeness (QED) is 0.750. The maximum atomic E-state index is 14.9. The number of benzene rings is 2. The maximum Gasteiger partial charge on any atom is 0.164 e. The Morgan fingerprint density at radius 3 is 2.61 bits per heavy atom. The zero-order valence-corrected chi connectivity index (χ0v) is 17.7. The van der Waals surface area contributed by atoms with Crippen molar-refractivity contribution in [1.82, 2.24) is 0 Å². The van der Waals surface area contributed by atoms with E-state index in [2.05, 4.69) is 6.58 Å². The molecular weight excluding hydrogens is 403 g/mol. The molecule has 164 valence electrons. The number of hydrogen-bond acceptors (Lipinski definition) is 6. The zero-order valence-electron chi connectivity index (χ0n) is 17.7. The third-order valence-corrected chi connectivity index (χ3v) is 6.67. The van der Waals surface area contributed by atoms with Crippen molar-refractivity contribution in [2.75, 3.05) is 27.5 Å². The third-order valence-electron chi connectivity index (χ3n) is 6.67. The van der Waals surface area contributed by atoms with E-state index in [1.807, 2.05) is 13.0 Å². The zero-order chi connectivity index (χ0) is 21.9. The minimum Gasteiger partial charge on any atom is -0.493 e. The van der Waals surface area contributed by atoms with Gasteiger partial charge in [-0.3, -0.25) is 0 Å². The molecule has 0 saturated carbocycles. The molecule has 1 N–H and O–H groups in total. The van der Waals surface area contributed by atoms with Gasteiger partial charge in [0.1, 0.15) is 42.7 Å². The second-order valence-electron chi connectivity index (χ2n) is 8.31. The molecule has 2 aromatic carbocycles. The first kappa shape index (κ1) is 20.0. The molecule has 0 radical (unpaired) electrons. The van der Waals surface area contributed by atoms with Crippen LogP contribution >= 0.6 is 0 Å². The molecule has 5 rings (SSSR count).